The minimum Gasteiger partial charge on any atom is -0.491 e. The smallest absolute Gasteiger partial charge is 0.270 e. The zero-order valence-electron chi connectivity index (χ0n) is 20.0. The molecular weight excluding hydrogens is 466 g/mol. The molecule has 2 unspecified atom stereocenters. The lowest BCUT2D eigenvalue weighted by molar-refractivity contribution is 0.0905. The number of nitrogens with one attached hydrogen (secondary N) is 1. The average Bonchev–Trinajstić information content (AvgIpc) is 3.58. The van der Waals surface area contributed by atoms with Gasteiger partial charge in [-0.1, -0.05) is 17.0 Å². The van der Waals surface area contributed by atoms with Crippen LogP contribution in [0, 0.1) is 18.8 Å². The summed E-state index contributed by atoms with van der Waals surface area (Å²) in [5.41, 5.74) is 6.80. The fourth-order valence-electron chi connectivity index (χ4n) is 3.80. The topological polar surface area (TPSA) is 155 Å². The Labute approximate surface area is 207 Å². The molecule has 0 radical (unpaired) electrons. The second kappa shape index (κ2) is 11.1. The fraction of sp³-hybridized carbons (Fsp3) is 0.360. The molecule has 2 aliphatic rings. The molecular formula is C25H27N5O6. The van der Waals surface area contributed by atoms with E-state index in [4.69, 9.17) is 15.2 Å². The molecule has 0 aliphatic carbocycles. The summed E-state index contributed by atoms with van der Waals surface area (Å²) in [6.45, 7) is 5.05. The van der Waals surface area contributed by atoms with Crippen molar-refractivity contribution in [2.24, 2.45) is 5.73 Å². The average molecular weight is 494 g/mol. The molecule has 3 aromatic rings. The van der Waals surface area contributed by atoms with E-state index in [1.165, 1.54) is 0 Å². The third-order valence-corrected chi connectivity index (χ3v) is 5.47. The molecule has 1 aromatic carbocycles. The van der Waals surface area contributed by atoms with Crippen LogP contribution in [0.5, 0.6) is 5.75 Å². The number of nitrogens with zero attached hydrogens (tertiary/aromatic N) is 3. The van der Waals surface area contributed by atoms with E-state index in [1.54, 1.807) is 42.0 Å². The molecule has 5 rings (SSSR count). The van der Waals surface area contributed by atoms with Gasteiger partial charge < -0.3 is 34.7 Å². The number of hydrogen-bond acceptors (Lipinski definition) is 8. The first-order valence-electron chi connectivity index (χ1n) is 11.5. The van der Waals surface area contributed by atoms with Gasteiger partial charge in [-0.3, -0.25) is 9.59 Å². The standard InChI is InChI=1S/C21H22N4O5.C4H5NO/c1-12(26)2-3-13-4-5-16-15(10-13)20-24-17(19(22)27)18(25(20)7-9-30-16)21(28)23-14-6-8-29-11-14;1-4-2-3-5-6-4/h4-5,10,12,14,26H,6-9,11H2,1H3,(H2,22,27)(H,23,28);2-3H,1H3. The Kier molecular flexibility index (Phi) is 7.68. The van der Waals surface area contributed by atoms with E-state index in [0.29, 0.717) is 55.5 Å². The van der Waals surface area contributed by atoms with E-state index in [-0.39, 0.29) is 17.4 Å². The number of imidazole rings is 1. The van der Waals surface area contributed by atoms with Gasteiger partial charge in [0.05, 0.1) is 31.0 Å². The molecule has 0 spiro atoms. The highest BCUT2D eigenvalue weighted by Crippen LogP contribution is 2.34. The molecule has 4 N–H and O–H groups in total. The Morgan fingerprint density at radius 1 is 1.31 bits per heavy atom. The van der Waals surface area contributed by atoms with Crippen molar-refractivity contribution in [1.82, 2.24) is 20.0 Å². The monoisotopic (exact) mass is 493 g/mol. The number of ether oxygens (including phenoxy) is 2. The van der Waals surface area contributed by atoms with Crippen molar-refractivity contribution >= 4 is 11.8 Å². The number of aliphatic hydroxyl groups excluding tert-OH is 1. The lowest BCUT2D eigenvalue weighted by Gasteiger charge is -2.13. The molecule has 11 nitrogen and oxygen atoms in total. The number of carbonyl (C=O) groups is 2. The van der Waals surface area contributed by atoms with Gasteiger partial charge in [0.2, 0.25) is 0 Å². The van der Waals surface area contributed by atoms with Gasteiger partial charge in [0.1, 0.15) is 35.7 Å². The molecule has 1 saturated heterocycles. The second-order valence-electron chi connectivity index (χ2n) is 8.31. The first-order chi connectivity index (χ1) is 17.3. The van der Waals surface area contributed by atoms with Crippen LogP contribution in [0.3, 0.4) is 0 Å². The number of fused-ring (bicyclic) bond motifs is 3. The van der Waals surface area contributed by atoms with Crippen LogP contribution < -0.4 is 15.8 Å². The molecule has 2 aromatic heterocycles. The zero-order chi connectivity index (χ0) is 25.7. The van der Waals surface area contributed by atoms with Gasteiger partial charge in [-0.25, -0.2) is 4.98 Å². The molecule has 2 amide bonds. The van der Waals surface area contributed by atoms with Crippen molar-refractivity contribution in [2.75, 3.05) is 19.8 Å². The molecule has 2 atom stereocenters. The van der Waals surface area contributed by atoms with Crippen molar-refractivity contribution in [3.05, 3.63) is 53.2 Å². The Bertz CT molecular complexity index is 1300. The number of aryl methyl sites for hydroxylation is 1. The van der Waals surface area contributed by atoms with Crippen LogP contribution in [0.4, 0.5) is 0 Å². The van der Waals surface area contributed by atoms with Crippen LogP contribution in [0.1, 0.15) is 45.6 Å². The van der Waals surface area contributed by atoms with Crippen molar-refractivity contribution in [1.29, 1.82) is 0 Å². The van der Waals surface area contributed by atoms with Crippen molar-refractivity contribution in [3.63, 3.8) is 0 Å². The van der Waals surface area contributed by atoms with E-state index < -0.39 is 17.9 Å². The van der Waals surface area contributed by atoms with Gasteiger partial charge in [0, 0.05) is 18.2 Å². The lowest BCUT2D eigenvalue weighted by Crippen LogP contribution is -2.37. The fourth-order valence-corrected chi connectivity index (χ4v) is 3.80. The molecule has 0 saturated carbocycles. The maximum Gasteiger partial charge on any atom is 0.270 e. The van der Waals surface area contributed by atoms with Gasteiger partial charge in [-0.15, -0.1) is 0 Å². The van der Waals surface area contributed by atoms with Crippen LogP contribution in [-0.2, 0) is 11.3 Å². The number of benzene rings is 1. The number of rotatable bonds is 3. The molecule has 36 heavy (non-hydrogen) atoms. The minimum atomic E-state index is -0.782. The number of carbonyl (C=O) groups excluding carboxylic acids is 2. The second-order valence-corrected chi connectivity index (χ2v) is 8.31. The molecule has 188 valence electrons. The number of primary amides is 1. The largest absolute Gasteiger partial charge is 0.491 e. The van der Waals surface area contributed by atoms with Gasteiger partial charge in [-0.05, 0) is 38.5 Å². The van der Waals surface area contributed by atoms with Gasteiger partial charge in [-0.2, -0.15) is 0 Å². The summed E-state index contributed by atoms with van der Waals surface area (Å²) in [5.74, 6) is 6.19. The quantitative estimate of drug-likeness (QED) is 0.461. The van der Waals surface area contributed by atoms with E-state index in [2.05, 4.69) is 31.8 Å². The van der Waals surface area contributed by atoms with Gasteiger partial charge >= 0.3 is 0 Å². The van der Waals surface area contributed by atoms with E-state index >= 15 is 0 Å². The van der Waals surface area contributed by atoms with Crippen molar-refractivity contribution in [2.45, 2.75) is 39.0 Å². The third kappa shape index (κ3) is 5.73. The number of aromatic nitrogens is 3. The number of nitrogens with two attached hydrogens (primary N) is 1. The van der Waals surface area contributed by atoms with E-state index in [0.717, 1.165) is 5.76 Å². The molecule has 2 aliphatic heterocycles. The molecule has 11 heteroatoms. The first kappa shape index (κ1) is 25.0. The highest BCUT2D eigenvalue weighted by molar-refractivity contribution is 6.05. The zero-order valence-corrected chi connectivity index (χ0v) is 20.0. The molecule has 4 heterocycles. The minimum absolute atomic E-state index is 0.0882. The summed E-state index contributed by atoms with van der Waals surface area (Å²) in [6, 6.07) is 6.97. The van der Waals surface area contributed by atoms with E-state index in [9.17, 15) is 14.7 Å². The summed E-state index contributed by atoms with van der Waals surface area (Å²) < 4.78 is 17.4. The summed E-state index contributed by atoms with van der Waals surface area (Å²) in [4.78, 5) is 29.5. The maximum atomic E-state index is 13.0. The van der Waals surface area contributed by atoms with Crippen molar-refractivity contribution < 1.29 is 28.7 Å². The van der Waals surface area contributed by atoms with Crippen molar-refractivity contribution in [3.8, 4) is 29.0 Å². The lowest BCUT2D eigenvalue weighted by atomic mass is 10.1. The summed E-state index contributed by atoms with van der Waals surface area (Å²) in [7, 11) is 0. The Morgan fingerprint density at radius 3 is 2.75 bits per heavy atom. The normalized spacial score (nSPS) is 16.6. The summed E-state index contributed by atoms with van der Waals surface area (Å²) >= 11 is 0. The van der Waals surface area contributed by atoms with Crippen LogP contribution in [0.15, 0.2) is 35.0 Å². The van der Waals surface area contributed by atoms with Gasteiger partial charge in [0.15, 0.2) is 5.69 Å². The Balaban J connectivity index is 0.000000445. The van der Waals surface area contributed by atoms with Crippen LogP contribution in [-0.4, -0.2) is 63.6 Å². The Morgan fingerprint density at radius 2 is 2.14 bits per heavy atom. The predicted molar refractivity (Wildman–Crippen MR) is 128 cm³/mol. The summed E-state index contributed by atoms with van der Waals surface area (Å²) in [5, 5.41) is 15.8. The number of hydrogen-bond donors (Lipinski definition) is 3. The summed E-state index contributed by atoms with van der Waals surface area (Å²) in [6.07, 6.45) is 1.56. The van der Waals surface area contributed by atoms with Crippen LogP contribution in [0.2, 0.25) is 0 Å². The van der Waals surface area contributed by atoms with E-state index in [1.807, 2.05) is 6.92 Å². The SMILES string of the molecule is CC(O)C#Cc1ccc2c(c1)-c1nc(C(N)=O)c(C(=O)NC3CCOC3)n1CCO2.Cc1ccno1. The highest BCUT2D eigenvalue weighted by atomic mass is 16.5. The number of aliphatic hydroxyl groups is 1. The third-order valence-electron chi connectivity index (χ3n) is 5.47. The van der Waals surface area contributed by atoms with Crippen LogP contribution >= 0.6 is 0 Å². The molecule has 0 bridgehead atoms. The number of amides is 2. The van der Waals surface area contributed by atoms with Crippen LogP contribution in [0.25, 0.3) is 11.4 Å². The molecule has 1 fully saturated rings. The Hall–Kier alpha value is -4.14. The maximum absolute atomic E-state index is 13.0. The van der Waals surface area contributed by atoms with Gasteiger partial charge in [0.25, 0.3) is 11.8 Å². The first-order valence-corrected chi connectivity index (χ1v) is 11.5. The predicted octanol–water partition coefficient (Wildman–Crippen LogP) is 1.28. The highest BCUT2D eigenvalue weighted by Gasteiger charge is 2.31.